The maximum absolute atomic E-state index is 12.4. The van der Waals surface area contributed by atoms with E-state index in [2.05, 4.69) is 20.6 Å². The number of aromatic amines is 1. The predicted molar refractivity (Wildman–Crippen MR) is 67.4 cm³/mol. The fourth-order valence-electron chi connectivity index (χ4n) is 1.85. The van der Waals surface area contributed by atoms with Crippen LogP contribution >= 0.6 is 0 Å². The number of carbonyl (C=O) groups is 1. The molecule has 0 aromatic carbocycles. The lowest BCUT2D eigenvalue weighted by Gasteiger charge is -2.12. The molecule has 0 aliphatic heterocycles. The van der Waals surface area contributed by atoms with Gasteiger partial charge in [-0.25, -0.2) is 8.78 Å². The highest BCUT2D eigenvalue weighted by molar-refractivity contribution is 5.92. The van der Waals surface area contributed by atoms with E-state index in [9.17, 15) is 13.6 Å². The molecule has 0 bridgehead atoms. The summed E-state index contributed by atoms with van der Waals surface area (Å²) < 4.78 is 26.5. The van der Waals surface area contributed by atoms with Gasteiger partial charge in [0.05, 0.1) is 12.2 Å². The molecule has 108 valence electrons. The molecule has 2 aromatic heterocycles. The van der Waals surface area contributed by atoms with Gasteiger partial charge in [0.15, 0.2) is 0 Å². The van der Waals surface area contributed by atoms with E-state index in [-0.39, 0.29) is 17.4 Å². The highest BCUT2D eigenvalue weighted by Crippen LogP contribution is 2.18. The van der Waals surface area contributed by atoms with Gasteiger partial charge in [0.1, 0.15) is 11.4 Å². The molecule has 2 N–H and O–H groups in total. The second-order valence-electron chi connectivity index (χ2n) is 4.51. The normalized spacial score (nSPS) is 12.7. The van der Waals surface area contributed by atoms with Gasteiger partial charge in [0.25, 0.3) is 12.3 Å². The minimum Gasteiger partial charge on any atom is -0.344 e. The maximum Gasteiger partial charge on any atom is 0.279 e. The molecular weight excluding hydrogens is 268 g/mol. The number of nitrogens with one attached hydrogen (secondary N) is 2. The van der Waals surface area contributed by atoms with E-state index < -0.39 is 12.3 Å². The zero-order chi connectivity index (χ0) is 14.9. The van der Waals surface area contributed by atoms with E-state index in [0.717, 1.165) is 17.3 Å². The van der Waals surface area contributed by atoms with Crippen LogP contribution in [0.3, 0.4) is 0 Å². The van der Waals surface area contributed by atoms with Crippen LogP contribution in [0.25, 0.3) is 0 Å². The van der Waals surface area contributed by atoms with Crippen LogP contribution in [0.5, 0.6) is 0 Å². The number of alkyl halides is 2. The topological polar surface area (TPSA) is 75.6 Å². The molecule has 0 aliphatic carbocycles. The lowest BCUT2D eigenvalue weighted by molar-refractivity contribution is 0.0934. The highest BCUT2D eigenvalue weighted by Gasteiger charge is 2.19. The summed E-state index contributed by atoms with van der Waals surface area (Å²) in [6, 6.07) is 0.755. The fraction of sp³-hybridized carbons (Fsp3) is 0.417. The van der Waals surface area contributed by atoms with Gasteiger partial charge in [0.2, 0.25) is 0 Å². The Morgan fingerprint density at radius 2 is 2.20 bits per heavy atom. The van der Waals surface area contributed by atoms with Gasteiger partial charge in [0, 0.05) is 18.3 Å². The van der Waals surface area contributed by atoms with Crippen LogP contribution in [0.2, 0.25) is 0 Å². The van der Waals surface area contributed by atoms with Gasteiger partial charge in [-0.15, -0.1) is 0 Å². The molecule has 0 saturated heterocycles. The number of aromatic nitrogens is 4. The van der Waals surface area contributed by atoms with Crippen molar-refractivity contribution in [2.45, 2.75) is 26.3 Å². The molecule has 6 nitrogen and oxygen atoms in total. The van der Waals surface area contributed by atoms with E-state index in [1.54, 1.807) is 24.9 Å². The molecule has 2 aromatic rings. The standard InChI is InChI=1S/C12H15F2N5O/c1-6(8-5-15-19(3)7(8)2)16-12(20)10-4-9(11(13)14)17-18-10/h4-6,11H,1-3H3,(H,16,20)(H,17,18)/t6-/m0/s1. The zero-order valence-electron chi connectivity index (χ0n) is 11.3. The maximum atomic E-state index is 12.4. The van der Waals surface area contributed by atoms with Crippen molar-refractivity contribution >= 4 is 5.91 Å². The molecule has 2 rings (SSSR count). The predicted octanol–water partition coefficient (Wildman–Crippen LogP) is 1.88. The van der Waals surface area contributed by atoms with Crippen LogP contribution in [0.15, 0.2) is 12.3 Å². The number of rotatable bonds is 4. The Morgan fingerprint density at radius 1 is 1.50 bits per heavy atom. The van der Waals surface area contributed by atoms with Crippen molar-refractivity contribution in [1.29, 1.82) is 0 Å². The number of aryl methyl sites for hydroxylation is 1. The number of hydrogen-bond donors (Lipinski definition) is 2. The molecule has 0 fully saturated rings. The van der Waals surface area contributed by atoms with Crippen LogP contribution in [-0.2, 0) is 7.05 Å². The van der Waals surface area contributed by atoms with Crippen LogP contribution in [0.1, 0.15) is 46.8 Å². The third kappa shape index (κ3) is 2.68. The summed E-state index contributed by atoms with van der Waals surface area (Å²) >= 11 is 0. The van der Waals surface area contributed by atoms with Crippen molar-refractivity contribution in [3.8, 4) is 0 Å². The summed E-state index contributed by atoms with van der Waals surface area (Å²) in [5.41, 5.74) is 1.35. The van der Waals surface area contributed by atoms with Gasteiger partial charge in [-0.05, 0) is 19.9 Å². The van der Waals surface area contributed by atoms with E-state index in [1.165, 1.54) is 0 Å². The first kappa shape index (κ1) is 14.2. The summed E-state index contributed by atoms with van der Waals surface area (Å²) in [7, 11) is 1.80. The van der Waals surface area contributed by atoms with Crippen LogP contribution in [0, 0.1) is 6.92 Å². The third-order valence-electron chi connectivity index (χ3n) is 3.15. The van der Waals surface area contributed by atoms with E-state index >= 15 is 0 Å². The molecule has 0 saturated carbocycles. The Balaban J connectivity index is 2.09. The Kier molecular flexibility index (Phi) is 3.82. The van der Waals surface area contributed by atoms with E-state index in [0.29, 0.717) is 0 Å². The Hall–Kier alpha value is -2.25. The Bertz CT molecular complexity index is 619. The quantitative estimate of drug-likeness (QED) is 0.899. The van der Waals surface area contributed by atoms with E-state index in [1.807, 2.05) is 6.92 Å². The molecule has 8 heteroatoms. The van der Waals surface area contributed by atoms with Crippen molar-refractivity contribution in [2.24, 2.45) is 7.05 Å². The summed E-state index contributed by atoms with van der Waals surface area (Å²) in [5, 5.41) is 12.5. The second kappa shape index (κ2) is 5.40. The van der Waals surface area contributed by atoms with Gasteiger partial charge in [-0.1, -0.05) is 0 Å². The monoisotopic (exact) mass is 283 g/mol. The largest absolute Gasteiger partial charge is 0.344 e. The van der Waals surface area contributed by atoms with Gasteiger partial charge in [-0.2, -0.15) is 10.2 Å². The van der Waals surface area contributed by atoms with Crippen molar-refractivity contribution in [1.82, 2.24) is 25.3 Å². The van der Waals surface area contributed by atoms with Crippen molar-refractivity contribution in [3.63, 3.8) is 0 Å². The van der Waals surface area contributed by atoms with Gasteiger partial charge >= 0.3 is 0 Å². The van der Waals surface area contributed by atoms with E-state index in [4.69, 9.17) is 0 Å². The molecule has 0 spiro atoms. The average molecular weight is 283 g/mol. The first-order chi connectivity index (χ1) is 9.40. The summed E-state index contributed by atoms with van der Waals surface area (Å²) in [6.07, 6.45) is -1.02. The van der Waals surface area contributed by atoms with Gasteiger partial charge in [-0.3, -0.25) is 14.6 Å². The molecule has 0 unspecified atom stereocenters. The minimum absolute atomic E-state index is 0.0614. The lowest BCUT2D eigenvalue weighted by Crippen LogP contribution is -2.27. The van der Waals surface area contributed by atoms with Crippen LogP contribution in [-0.4, -0.2) is 25.9 Å². The molecular formula is C12H15F2N5O. The first-order valence-electron chi connectivity index (χ1n) is 6.03. The number of amides is 1. The second-order valence-corrected chi connectivity index (χ2v) is 4.51. The Morgan fingerprint density at radius 3 is 2.70 bits per heavy atom. The summed E-state index contributed by atoms with van der Waals surface area (Å²) in [6.45, 7) is 3.68. The molecule has 2 heterocycles. The molecule has 1 amide bonds. The van der Waals surface area contributed by atoms with Crippen molar-refractivity contribution < 1.29 is 13.6 Å². The van der Waals surface area contributed by atoms with Crippen LogP contribution < -0.4 is 5.32 Å². The van der Waals surface area contributed by atoms with Crippen molar-refractivity contribution in [2.75, 3.05) is 0 Å². The first-order valence-corrected chi connectivity index (χ1v) is 6.03. The smallest absolute Gasteiger partial charge is 0.279 e. The highest BCUT2D eigenvalue weighted by atomic mass is 19.3. The molecule has 1 atom stereocenters. The SMILES string of the molecule is Cc1c([C@H](C)NC(=O)c2cc(C(F)F)[nH]n2)cnn1C. The minimum atomic E-state index is -2.68. The summed E-state index contributed by atoms with van der Waals surface area (Å²) in [5.74, 6) is -0.510. The number of H-pyrrole nitrogens is 1. The van der Waals surface area contributed by atoms with Crippen LogP contribution in [0.4, 0.5) is 8.78 Å². The lowest BCUT2D eigenvalue weighted by atomic mass is 10.1. The number of hydrogen-bond acceptors (Lipinski definition) is 3. The molecule has 0 aliphatic rings. The fourth-order valence-corrected chi connectivity index (χ4v) is 1.85. The number of carbonyl (C=O) groups excluding carboxylic acids is 1. The Labute approximate surface area is 114 Å². The summed E-state index contributed by atoms with van der Waals surface area (Å²) in [4.78, 5) is 11.9. The third-order valence-corrected chi connectivity index (χ3v) is 3.15. The molecule has 20 heavy (non-hydrogen) atoms. The number of halogens is 2. The molecule has 0 radical (unpaired) electrons. The zero-order valence-corrected chi connectivity index (χ0v) is 11.3. The number of nitrogens with zero attached hydrogens (tertiary/aromatic N) is 3. The van der Waals surface area contributed by atoms with Crippen molar-refractivity contribution in [3.05, 3.63) is 34.9 Å². The van der Waals surface area contributed by atoms with Gasteiger partial charge < -0.3 is 5.32 Å². The average Bonchev–Trinajstić information content (AvgIpc) is 2.98.